The molecule has 0 radical (unpaired) electrons. The fraction of sp³-hybridized carbons (Fsp3) is 0.267. The number of nitrogens with one attached hydrogen (secondary N) is 1. The summed E-state index contributed by atoms with van der Waals surface area (Å²) in [6.45, 7) is 8.23. The number of hydrogen-bond acceptors (Lipinski definition) is 10. The number of benzene rings is 2. The second-order valence-corrected chi connectivity index (χ2v) is 10.9. The molecule has 0 unspecified atom stereocenters. The maximum Gasteiger partial charge on any atom is 0.341 e. The second kappa shape index (κ2) is 13.6. The van der Waals surface area contributed by atoms with Crippen molar-refractivity contribution in [1.29, 1.82) is 0 Å². The number of allylic oxidation sites excluding steroid dienone is 1. The van der Waals surface area contributed by atoms with E-state index in [1.54, 1.807) is 32.4 Å². The summed E-state index contributed by atoms with van der Waals surface area (Å²) in [5.74, 6) is 1.17. The Bertz CT molecular complexity index is 1600. The summed E-state index contributed by atoms with van der Waals surface area (Å²) < 4.78 is 23.3. The van der Waals surface area contributed by atoms with Gasteiger partial charge in [0.1, 0.15) is 10.6 Å². The third-order valence-electron chi connectivity index (χ3n) is 6.40. The zero-order chi connectivity index (χ0) is 30.4. The van der Waals surface area contributed by atoms with Gasteiger partial charge in [-0.15, -0.1) is 28.1 Å². The topological polar surface area (TPSA) is 114 Å². The van der Waals surface area contributed by atoms with Crippen molar-refractivity contribution in [2.45, 2.75) is 25.5 Å². The first-order chi connectivity index (χ1) is 20.3. The van der Waals surface area contributed by atoms with Gasteiger partial charge in [0.15, 0.2) is 22.5 Å². The summed E-state index contributed by atoms with van der Waals surface area (Å²) >= 11 is 2.50. The minimum absolute atomic E-state index is 0.0296. The number of nitrogens with zero attached hydrogens (tertiary/aromatic N) is 3. The van der Waals surface area contributed by atoms with Gasteiger partial charge in [0.05, 0.1) is 34.2 Å². The number of anilines is 1. The smallest absolute Gasteiger partial charge is 0.341 e. The molecule has 220 valence electrons. The van der Waals surface area contributed by atoms with Gasteiger partial charge in [0, 0.05) is 23.1 Å². The van der Waals surface area contributed by atoms with Crippen LogP contribution < -0.4 is 19.5 Å². The monoisotopic (exact) mass is 608 g/mol. The van der Waals surface area contributed by atoms with E-state index in [0.29, 0.717) is 50.9 Å². The van der Waals surface area contributed by atoms with Gasteiger partial charge in [-0.3, -0.25) is 9.36 Å². The summed E-state index contributed by atoms with van der Waals surface area (Å²) in [4.78, 5) is 25.9. The molecule has 2 aromatic carbocycles. The number of rotatable bonds is 12. The molecule has 1 N–H and O–H groups in total. The Labute approximate surface area is 252 Å². The van der Waals surface area contributed by atoms with Crippen molar-refractivity contribution >= 4 is 40.0 Å². The lowest BCUT2D eigenvalue weighted by Crippen LogP contribution is -2.16. The van der Waals surface area contributed by atoms with E-state index in [1.807, 2.05) is 42.0 Å². The molecule has 2 heterocycles. The van der Waals surface area contributed by atoms with Crippen molar-refractivity contribution in [1.82, 2.24) is 14.8 Å². The van der Waals surface area contributed by atoms with Crippen LogP contribution in [0.4, 0.5) is 5.00 Å². The molecule has 0 atom stereocenters. The number of carbonyl (C=O) groups is 2. The molecule has 0 aliphatic heterocycles. The highest BCUT2D eigenvalue weighted by Gasteiger charge is 2.24. The summed E-state index contributed by atoms with van der Waals surface area (Å²) in [5, 5.41) is 14.4. The Kier molecular flexibility index (Phi) is 9.92. The van der Waals surface area contributed by atoms with E-state index in [4.69, 9.17) is 18.9 Å². The number of aryl methyl sites for hydroxylation is 2. The lowest BCUT2D eigenvalue weighted by molar-refractivity contribution is -0.113. The van der Waals surface area contributed by atoms with Crippen molar-refractivity contribution < 1.29 is 28.5 Å². The Hall–Kier alpha value is -4.29. The minimum atomic E-state index is -0.518. The van der Waals surface area contributed by atoms with Crippen LogP contribution in [0.2, 0.25) is 0 Å². The first kappa shape index (κ1) is 30.7. The molecular formula is C30H32N4O6S2. The predicted molar refractivity (Wildman–Crippen MR) is 165 cm³/mol. The van der Waals surface area contributed by atoms with E-state index in [1.165, 1.54) is 37.3 Å². The molecule has 0 spiro atoms. The Morgan fingerprint density at radius 2 is 1.74 bits per heavy atom. The van der Waals surface area contributed by atoms with Gasteiger partial charge in [0.25, 0.3) is 0 Å². The van der Waals surface area contributed by atoms with Gasteiger partial charge < -0.3 is 24.3 Å². The molecule has 0 aliphatic carbocycles. The van der Waals surface area contributed by atoms with E-state index >= 15 is 0 Å². The summed E-state index contributed by atoms with van der Waals surface area (Å²) in [5.41, 5.74) is 4.73. The second-order valence-electron chi connectivity index (χ2n) is 9.12. The predicted octanol–water partition coefficient (Wildman–Crippen LogP) is 6.02. The SMILES string of the molecule is C=CCn1c(SCC(=O)Nc2scc(-c3cc(C)ccc3C)c2C(=O)OC)nnc1-c1cc(OC)c(OC)c(OC)c1. The number of thioether (sulfide) groups is 1. The molecule has 2 aromatic heterocycles. The van der Waals surface area contributed by atoms with E-state index in [9.17, 15) is 9.59 Å². The highest BCUT2D eigenvalue weighted by molar-refractivity contribution is 7.99. The zero-order valence-corrected chi connectivity index (χ0v) is 25.9. The first-order valence-electron chi connectivity index (χ1n) is 12.8. The Morgan fingerprint density at radius 1 is 1.02 bits per heavy atom. The largest absolute Gasteiger partial charge is 0.493 e. The van der Waals surface area contributed by atoms with Crippen molar-refractivity contribution in [3.8, 4) is 39.8 Å². The molecule has 10 nitrogen and oxygen atoms in total. The average molecular weight is 609 g/mol. The molecule has 0 saturated heterocycles. The van der Waals surface area contributed by atoms with Crippen molar-refractivity contribution in [3.05, 3.63) is 65.1 Å². The number of thiophene rings is 1. The van der Waals surface area contributed by atoms with Crippen molar-refractivity contribution in [2.24, 2.45) is 0 Å². The van der Waals surface area contributed by atoms with Crippen LogP contribution in [0.1, 0.15) is 21.5 Å². The number of esters is 1. The Morgan fingerprint density at radius 3 is 2.36 bits per heavy atom. The van der Waals surface area contributed by atoms with E-state index in [2.05, 4.69) is 22.1 Å². The maximum atomic E-state index is 13.1. The van der Waals surface area contributed by atoms with Gasteiger partial charge >= 0.3 is 5.97 Å². The van der Waals surface area contributed by atoms with Crippen LogP contribution in [-0.2, 0) is 16.1 Å². The standard InChI is InChI=1S/C30H32N4O6S2/c1-8-11-34-27(19-13-22(37-4)26(39-6)23(14-19)38-5)32-33-30(34)42-16-24(35)31-28-25(29(36)40-7)21(15-41-28)20-12-17(2)9-10-18(20)3/h8-10,12-15H,1,11,16H2,2-7H3,(H,31,35). The lowest BCUT2D eigenvalue weighted by Gasteiger charge is -2.14. The van der Waals surface area contributed by atoms with Crippen LogP contribution >= 0.6 is 23.1 Å². The zero-order valence-electron chi connectivity index (χ0n) is 24.3. The fourth-order valence-electron chi connectivity index (χ4n) is 4.38. The lowest BCUT2D eigenvalue weighted by atomic mass is 9.97. The first-order valence-corrected chi connectivity index (χ1v) is 14.7. The minimum Gasteiger partial charge on any atom is -0.493 e. The molecule has 4 aromatic rings. The molecule has 12 heteroatoms. The average Bonchev–Trinajstić information content (AvgIpc) is 3.60. The van der Waals surface area contributed by atoms with E-state index < -0.39 is 5.97 Å². The Balaban J connectivity index is 1.58. The highest BCUT2D eigenvalue weighted by Crippen LogP contribution is 2.41. The number of methoxy groups -OCH3 is 4. The number of ether oxygens (including phenoxy) is 4. The van der Waals surface area contributed by atoms with Gasteiger partial charge in [0.2, 0.25) is 11.7 Å². The van der Waals surface area contributed by atoms with E-state index in [-0.39, 0.29) is 11.7 Å². The van der Waals surface area contributed by atoms with Crippen LogP contribution in [0, 0.1) is 13.8 Å². The number of aromatic nitrogens is 3. The third kappa shape index (κ3) is 6.29. The van der Waals surface area contributed by atoms with Gasteiger partial charge in [-0.2, -0.15) is 0 Å². The molecule has 0 aliphatic rings. The number of carbonyl (C=O) groups excluding carboxylic acids is 2. The van der Waals surface area contributed by atoms with Gasteiger partial charge in [-0.25, -0.2) is 4.79 Å². The molecule has 0 bridgehead atoms. The van der Waals surface area contributed by atoms with Gasteiger partial charge in [-0.05, 0) is 37.1 Å². The van der Waals surface area contributed by atoms with Crippen LogP contribution in [-0.4, -0.2) is 60.8 Å². The van der Waals surface area contributed by atoms with Crippen molar-refractivity contribution in [2.75, 3.05) is 39.5 Å². The molecular weight excluding hydrogens is 576 g/mol. The van der Waals surface area contributed by atoms with Crippen LogP contribution in [0.25, 0.3) is 22.5 Å². The summed E-state index contributed by atoms with van der Waals surface area (Å²) in [6, 6.07) is 9.60. The molecule has 4 rings (SSSR count). The fourth-order valence-corrected chi connectivity index (χ4v) is 6.10. The van der Waals surface area contributed by atoms with Crippen LogP contribution in [0.5, 0.6) is 17.2 Å². The normalized spacial score (nSPS) is 10.7. The molecule has 0 saturated carbocycles. The highest BCUT2D eigenvalue weighted by atomic mass is 32.2. The van der Waals surface area contributed by atoms with Crippen LogP contribution in [0.15, 0.2) is 53.5 Å². The molecule has 42 heavy (non-hydrogen) atoms. The molecule has 1 amide bonds. The quantitative estimate of drug-likeness (QED) is 0.117. The number of amides is 1. The van der Waals surface area contributed by atoms with Crippen molar-refractivity contribution in [3.63, 3.8) is 0 Å². The third-order valence-corrected chi connectivity index (χ3v) is 8.26. The summed E-state index contributed by atoms with van der Waals surface area (Å²) in [7, 11) is 5.94. The van der Waals surface area contributed by atoms with E-state index in [0.717, 1.165) is 22.3 Å². The van der Waals surface area contributed by atoms with Crippen LogP contribution in [0.3, 0.4) is 0 Å². The molecule has 0 fully saturated rings. The maximum absolute atomic E-state index is 13.1. The van der Waals surface area contributed by atoms with Gasteiger partial charge in [-0.1, -0.05) is 41.6 Å². The number of hydrogen-bond donors (Lipinski definition) is 1. The summed E-state index contributed by atoms with van der Waals surface area (Å²) in [6.07, 6.45) is 1.72.